The molecule has 8 heteroatoms. The summed E-state index contributed by atoms with van der Waals surface area (Å²) in [4.78, 5) is 0. The van der Waals surface area contributed by atoms with Crippen molar-refractivity contribution in [1.29, 1.82) is 0 Å². The summed E-state index contributed by atoms with van der Waals surface area (Å²) in [6.07, 6.45) is -9.17. The van der Waals surface area contributed by atoms with Crippen LogP contribution in [0.15, 0.2) is 18.2 Å². The normalized spacial score (nSPS) is 14.4. The van der Waals surface area contributed by atoms with Crippen molar-refractivity contribution in [3.8, 4) is 0 Å². The molecular weight excluding hydrogens is 286 g/mol. The topological polar surface area (TPSA) is 52.0 Å². The van der Waals surface area contributed by atoms with Crippen molar-refractivity contribution in [2.24, 2.45) is 11.5 Å². The zero-order valence-corrected chi connectivity index (χ0v) is 10.4. The van der Waals surface area contributed by atoms with E-state index in [0.717, 1.165) is 6.07 Å². The Morgan fingerprint density at radius 1 is 1.00 bits per heavy atom. The van der Waals surface area contributed by atoms with Crippen LogP contribution >= 0.6 is 0 Å². The highest BCUT2D eigenvalue weighted by molar-refractivity contribution is 5.37. The van der Waals surface area contributed by atoms with Crippen molar-refractivity contribution in [3.05, 3.63) is 34.9 Å². The third kappa shape index (κ3) is 4.11. The number of rotatable bonds is 4. The number of alkyl halides is 6. The number of benzene rings is 1. The lowest BCUT2D eigenvalue weighted by Gasteiger charge is -2.20. The Kier molecular flexibility index (Phi) is 5.04. The van der Waals surface area contributed by atoms with Crippen molar-refractivity contribution < 1.29 is 26.3 Å². The van der Waals surface area contributed by atoms with Crippen molar-refractivity contribution >= 4 is 0 Å². The predicted octanol–water partition coefficient (Wildman–Crippen LogP) is 3.46. The van der Waals surface area contributed by atoms with Gasteiger partial charge in [-0.25, -0.2) is 0 Å². The molecule has 0 aromatic heterocycles. The van der Waals surface area contributed by atoms with Gasteiger partial charge in [0.1, 0.15) is 0 Å². The van der Waals surface area contributed by atoms with Crippen LogP contribution in [0.5, 0.6) is 0 Å². The molecule has 1 rings (SSSR count). The second-order valence-corrected chi connectivity index (χ2v) is 4.33. The maximum Gasteiger partial charge on any atom is 0.416 e. The molecule has 0 fully saturated rings. The molecule has 20 heavy (non-hydrogen) atoms. The monoisotopic (exact) mass is 300 g/mol. The van der Waals surface area contributed by atoms with Gasteiger partial charge in [0.15, 0.2) is 0 Å². The van der Waals surface area contributed by atoms with E-state index in [-0.39, 0.29) is 24.6 Å². The molecule has 0 saturated carbocycles. The van der Waals surface area contributed by atoms with Gasteiger partial charge in [-0.05, 0) is 37.1 Å². The highest BCUT2D eigenvalue weighted by Gasteiger charge is 2.38. The van der Waals surface area contributed by atoms with E-state index in [2.05, 4.69) is 0 Å². The number of halogens is 6. The van der Waals surface area contributed by atoms with Crippen molar-refractivity contribution in [2.45, 2.75) is 31.2 Å². The molecule has 1 atom stereocenters. The maximum atomic E-state index is 12.9. The third-order valence-corrected chi connectivity index (χ3v) is 2.80. The van der Waals surface area contributed by atoms with E-state index in [0.29, 0.717) is 12.5 Å². The van der Waals surface area contributed by atoms with Gasteiger partial charge in [-0.15, -0.1) is 0 Å². The summed E-state index contributed by atoms with van der Waals surface area (Å²) in [5, 5.41) is 0. The van der Waals surface area contributed by atoms with Crippen LogP contribution < -0.4 is 11.5 Å². The van der Waals surface area contributed by atoms with Crippen LogP contribution in [0.3, 0.4) is 0 Å². The van der Waals surface area contributed by atoms with E-state index >= 15 is 0 Å². The fourth-order valence-electron chi connectivity index (χ4n) is 1.79. The van der Waals surface area contributed by atoms with E-state index in [1.54, 1.807) is 0 Å². The SMILES string of the molecule is NCCC[C@H](N)c1ccc(C(F)(F)F)cc1C(F)(F)F. The molecule has 0 radical (unpaired) electrons. The molecular formula is C12H14F6N2. The summed E-state index contributed by atoms with van der Waals surface area (Å²) in [7, 11) is 0. The van der Waals surface area contributed by atoms with Crippen LogP contribution in [0.4, 0.5) is 26.3 Å². The van der Waals surface area contributed by atoms with Gasteiger partial charge in [-0.2, -0.15) is 26.3 Å². The molecule has 0 aliphatic carbocycles. The van der Waals surface area contributed by atoms with Crippen LogP contribution in [-0.4, -0.2) is 6.54 Å². The predicted molar refractivity (Wildman–Crippen MR) is 61.7 cm³/mol. The minimum absolute atomic E-state index is 0.0949. The molecule has 1 aromatic carbocycles. The molecule has 0 amide bonds. The van der Waals surface area contributed by atoms with Gasteiger partial charge in [-0.3, -0.25) is 0 Å². The largest absolute Gasteiger partial charge is 0.416 e. The summed E-state index contributed by atoms with van der Waals surface area (Å²) >= 11 is 0. The van der Waals surface area contributed by atoms with Gasteiger partial charge in [-0.1, -0.05) is 6.07 Å². The Morgan fingerprint density at radius 3 is 2.05 bits per heavy atom. The van der Waals surface area contributed by atoms with E-state index in [4.69, 9.17) is 11.5 Å². The van der Waals surface area contributed by atoms with Crippen molar-refractivity contribution in [2.75, 3.05) is 6.54 Å². The maximum absolute atomic E-state index is 12.9. The Morgan fingerprint density at radius 2 is 1.60 bits per heavy atom. The lowest BCUT2D eigenvalue weighted by Crippen LogP contribution is -2.20. The zero-order valence-electron chi connectivity index (χ0n) is 10.4. The van der Waals surface area contributed by atoms with E-state index in [9.17, 15) is 26.3 Å². The summed E-state index contributed by atoms with van der Waals surface area (Å²) in [5.41, 5.74) is 7.79. The van der Waals surface area contributed by atoms with Crippen LogP contribution in [0, 0.1) is 0 Å². The van der Waals surface area contributed by atoms with Gasteiger partial charge >= 0.3 is 12.4 Å². The average molecular weight is 300 g/mol. The van der Waals surface area contributed by atoms with E-state index < -0.39 is 29.5 Å². The van der Waals surface area contributed by atoms with Gasteiger partial charge < -0.3 is 11.5 Å². The molecule has 0 saturated heterocycles. The highest BCUT2D eigenvalue weighted by atomic mass is 19.4. The standard InChI is InChI=1S/C12H14F6N2/c13-11(14,15)7-3-4-8(10(20)2-1-5-19)9(6-7)12(16,17)18/h3-4,6,10H,1-2,5,19-20H2/t10-/m0/s1. The third-order valence-electron chi connectivity index (χ3n) is 2.80. The Hall–Kier alpha value is -1.28. The molecule has 0 aliphatic rings. The van der Waals surface area contributed by atoms with Crippen LogP contribution in [0.25, 0.3) is 0 Å². The second-order valence-electron chi connectivity index (χ2n) is 4.33. The molecule has 0 unspecified atom stereocenters. The first-order valence-electron chi connectivity index (χ1n) is 5.81. The minimum atomic E-state index is -4.89. The first kappa shape index (κ1) is 16.8. The Bertz CT molecular complexity index is 452. The quantitative estimate of drug-likeness (QED) is 0.837. The molecule has 0 bridgehead atoms. The van der Waals surface area contributed by atoms with Crippen LogP contribution in [0.2, 0.25) is 0 Å². The van der Waals surface area contributed by atoms with Crippen molar-refractivity contribution in [3.63, 3.8) is 0 Å². The van der Waals surface area contributed by atoms with Crippen LogP contribution in [-0.2, 0) is 12.4 Å². The Balaban J connectivity index is 3.24. The molecule has 2 nitrogen and oxygen atoms in total. The zero-order chi connectivity index (χ0) is 15.6. The Labute approximate surface area is 111 Å². The van der Waals surface area contributed by atoms with Crippen molar-refractivity contribution in [1.82, 2.24) is 0 Å². The second kappa shape index (κ2) is 6.01. The first-order valence-corrected chi connectivity index (χ1v) is 5.81. The molecule has 114 valence electrons. The first-order chi connectivity index (χ1) is 9.07. The van der Waals surface area contributed by atoms with Gasteiger partial charge in [0.05, 0.1) is 11.1 Å². The number of hydrogen-bond acceptors (Lipinski definition) is 2. The summed E-state index contributed by atoms with van der Waals surface area (Å²) in [5.74, 6) is 0. The summed E-state index contributed by atoms with van der Waals surface area (Å²) in [6.45, 7) is 0.246. The summed E-state index contributed by atoms with van der Waals surface area (Å²) in [6, 6.07) is 0.481. The minimum Gasteiger partial charge on any atom is -0.330 e. The molecule has 1 aromatic rings. The summed E-state index contributed by atoms with van der Waals surface area (Å²) < 4.78 is 76.0. The number of hydrogen-bond donors (Lipinski definition) is 2. The van der Waals surface area contributed by atoms with Gasteiger partial charge in [0, 0.05) is 6.04 Å². The molecule has 0 heterocycles. The van der Waals surface area contributed by atoms with Crippen LogP contribution in [0.1, 0.15) is 35.6 Å². The smallest absolute Gasteiger partial charge is 0.330 e. The molecule has 0 spiro atoms. The van der Waals surface area contributed by atoms with Gasteiger partial charge in [0.25, 0.3) is 0 Å². The number of nitrogens with two attached hydrogens (primary N) is 2. The lowest BCUT2D eigenvalue weighted by atomic mass is 9.95. The molecule has 0 aliphatic heterocycles. The van der Waals surface area contributed by atoms with Gasteiger partial charge in [0.2, 0.25) is 0 Å². The fourth-order valence-corrected chi connectivity index (χ4v) is 1.79. The lowest BCUT2D eigenvalue weighted by molar-refractivity contribution is -0.143. The molecule has 4 N–H and O–H groups in total. The fraction of sp³-hybridized carbons (Fsp3) is 0.500. The average Bonchev–Trinajstić information content (AvgIpc) is 2.33. The van der Waals surface area contributed by atoms with E-state index in [1.165, 1.54) is 0 Å². The van der Waals surface area contributed by atoms with E-state index in [1.807, 2.05) is 0 Å². The highest BCUT2D eigenvalue weighted by Crippen LogP contribution is 2.39.